The van der Waals surface area contributed by atoms with Gasteiger partial charge in [0.1, 0.15) is 12.6 Å². The summed E-state index contributed by atoms with van der Waals surface area (Å²) >= 11 is 18.1. The third kappa shape index (κ3) is 8.05. The van der Waals surface area contributed by atoms with Crippen molar-refractivity contribution >= 4 is 62.3 Å². The molecule has 2 amide bonds. The standard InChI is InChI=1S/C23H28Cl3N3O4S/c1-15(2)12-27-23(31)16(3)28(13-17-6-5-7-18(24)10-17)22(30)14-29(34(4,32)33)19-8-9-20(25)21(26)11-19/h5-11,15-16H,12-14H2,1-4H3,(H,27,31)/t16-/m0/s1. The maximum atomic E-state index is 13.4. The number of amides is 2. The van der Waals surface area contributed by atoms with Crippen molar-refractivity contribution < 1.29 is 18.0 Å². The molecule has 0 aliphatic heterocycles. The lowest BCUT2D eigenvalue weighted by Crippen LogP contribution is -2.51. The van der Waals surface area contributed by atoms with Gasteiger partial charge >= 0.3 is 0 Å². The van der Waals surface area contributed by atoms with E-state index in [9.17, 15) is 18.0 Å². The fourth-order valence-electron chi connectivity index (χ4n) is 3.12. The van der Waals surface area contributed by atoms with Crippen LogP contribution in [0.3, 0.4) is 0 Å². The molecule has 7 nitrogen and oxygen atoms in total. The Labute approximate surface area is 216 Å². The van der Waals surface area contributed by atoms with Crippen LogP contribution in [0.2, 0.25) is 15.1 Å². The Kier molecular flexibility index (Phi) is 10.1. The number of hydrogen-bond acceptors (Lipinski definition) is 4. The molecule has 1 N–H and O–H groups in total. The summed E-state index contributed by atoms with van der Waals surface area (Å²) in [6.45, 7) is 5.50. The van der Waals surface area contributed by atoms with Crippen molar-refractivity contribution in [3.05, 3.63) is 63.1 Å². The molecule has 0 heterocycles. The highest BCUT2D eigenvalue weighted by molar-refractivity contribution is 7.92. The molecule has 0 aromatic heterocycles. The van der Waals surface area contributed by atoms with Crippen LogP contribution < -0.4 is 9.62 Å². The second-order valence-electron chi connectivity index (χ2n) is 8.33. The Morgan fingerprint density at radius 3 is 2.24 bits per heavy atom. The number of nitrogens with one attached hydrogen (secondary N) is 1. The molecule has 0 bridgehead atoms. The molecular weight excluding hydrogens is 521 g/mol. The molecule has 1 atom stereocenters. The van der Waals surface area contributed by atoms with Crippen molar-refractivity contribution in [2.45, 2.75) is 33.4 Å². The van der Waals surface area contributed by atoms with E-state index in [2.05, 4.69) is 5.32 Å². The highest BCUT2D eigenvalue weighted by atomic mass is 35.5. The topological polar surface area (TPSA) is 86.8 Å². The number of benzene rings is 2. The summed E-state index contributed by atoms with van der Waals surface area (Å²) in [6.07, 6.45) is 0.989. The number of hydrogen-bond donors (Lipinski definition) is 1. The fourth-order valence-corrected chi connectivity index (χ4v) is 4.47. The lowest BCUT2D eigenvalue weighted by atomic mass is 10.1. The third-order valence-electron chi connectivity index (χ3n) is 4.96. The van der Waals surface area contributed by atoms with Crippen LogP contribution >= 0.6 is 34.8 Å². The molecule has 0 aliphatic carbocycles. The van der Waals surface area contributed by atoms with E-state index in [1.807, 2.05) is 13.8 Å². The van der Waals surface area contributed by atoms with Gasteiger partial charge in [0, 0.05) is 18.1 Å². The van der Waals surface area contributed by atoms with Gasteiger partial charge in [-0.05, 0) is 48.7 Å². The smallest absolute Gasteiger partial charge is 0.244 e. The van der Waals surface area contributed by atoms with Crippen LogP contribution in [0.15, 0.2) is 42.5 Å². The Morgan fingerprint density at radius 1 is 1.00 bits per heavy atom. The Hall–Kier alpha value is -2.00. The first-order valence-electron chi connectivity index (χ1n) is 10.5. The number of sulfonamides is 1. The number of nitrogens with zero attached hydrogens (tertiary/aromatic N) is 2. The van der Waals surface area contributed by atoms with Gasteiger partial charge in [0.05, 0.1) is 22.0 Å². The molecule has 2 aromatic carbocycles. The highest BCUT2D eigenvalue weighted by Gasteiger charge is 2.30. The molecular formula is C23H28Cl3N3O4S. The van der Waals surface area contributed by atoms with Crippen LogP contribution in [0.1, 0.15) is 26.3 Å². The normalized spacial score (nSPS) is 12.4. The summed E-state index contributed by atoms with van der Waals surface area (Å²) in [7, 11) is -3.86. The fraction of sp³-hybridized carbons (Fsp3) is 0.391. The van der Waals surface area contributed by atoms with Gasteiger partial charge in [0.15, 0.2) is 0 Å². The number of anilines is 1. The minimum atomic E-state index is -3.86. The molecule has 186 valence electrons. The van der Waals surface area contributed by atoms with Gasteiger partial charge in [-0.25, -0.2) is 8.42 Å². The van der Waals surface area contributed by atoms with E-state index in [4.69, 9.17) is 34.8 Å². The maximum absolute atomic E-state index is 13.4. The van der Waals surface area contributed by atoms with Crippen molar-refractivity contribution in [3.63, 3.8) is 0 Å². The summed E-state index contributed by atoms with van der Waals surface area (Å²) in [5.41, 5.74) is 0.884. The van der Waals surface area contributed by atoms with Gasteiger partial charge in [-0.1, -0.05) is 60.8 Å². The van der Waals surface area contributed by atoms with Gasteiger partial charge < -0.3 is 10.2 Å². The summed E-state index contributed by atoms with van der Waals surface area (Å²) < 4.78 is 26.0. The highest BCUT2D eigenvalue weighted by Crippen LogP contribution is 2.28. The number of halogens is 3. The second-order valence-corrected chi connectivity index (χ2v) is 11.5. The van der Waals surface area contributed by atoms with Crippen molar-refractivity contribution in [2.75, 3.05) is 23.7 Å². The quantitative estimate of drug-likeness (QED) is 0.470. The van der Waals surface area contributed by atoms with Gasteiger partial charge in [0.25, 0.3) is 0 Å². The molecule has 2 aromatic rings. The van der Waals surface area contributed by atoms with E-state index < -0.39 is 28.5 Å². The van der Waals surface area contributed by atoms with E-state index in [0.29, 0.717) is 17.1 Å². The molecule has 0 spiro atoms. The van der Waals surface area contributed by atoms with Crippen LogP contribution in [0.25, 0.3) is 0 Å². The van der Waals surface area contributed by atoms with Crippen molar-refractivity contribution in [2.24, 2.45) is 5.92 Å². The van der Waals surface area contributed by atoms with E-state index in [-0.39, 0.29) is 34.1 Å². The van der Waals surface area contributed by atoms with E-state index in [1.54, 1.807) is 31.2 Å². The summed E-state index contributed by atoms with van der Waals surface area (Å²) in [4.78, 5) is 27.6. The zero-order valence-electron chi connectivity index (χ0n) is 19.4. The summed E-state index contributed by atoms with van der Waals surface area (Å²) in [5, 5.41) is 3.71. The lowest BCUT2D eigenvalue weighted by Gasteiger charge is -2.31. The molecule has 0 saturated heterocycles. The predicted molar refractivity (Wildman–Crippen MR) is 138 cm³/mol. The molecule has 0 saturated carbocycles. The number of rotatable bonds is 10. The SMILES string of the molecule is CC(C)CNC(=O)[C@H](C)N(Cc1cccc(Cl)c1)C(=O)CN(c1ccc(Cl)c(Cl)c1)S(C)(=O)=O. The van der Waals surface area contributed by atoms with Gasteiger partial charge in [-0.15, -0.1) is 0 Å². The van der Waals surface area contributed by atoms with Crippen molar-refractivity contribution in [3.8, 4) is 0 Å². The third-order valence-corrected chi connectivity index (χ3v) is 7.08. The molecule has 0 unspecified atom stereocenters. The minimum Gasteiger partial charge on any atom is -0.354 e. The van der Waals surface area contributed by atoms with Gasteiger partial charge in [0.2, 0.25) is 21.8 Å². The average Bonchev–Trinajstić information content (AvgIpc) is 2.74. The Morgan fingerprint density at radius 2 is 1.68 bits per heavy atom. The Balaban J connectivity index is 2.39. The summed E-state index contributed by atoms with van der Waals surface area (Å²) in [6, 6.07) is 10.3. The van der Waals surface area contributed by atoms with Gasteiger partial charge in [-0.3, -0.25) is 13.9 Å². The second kappa shape index (κ2) is 12.1. The zero-order chi connectivity index (χ0) is 25.6. The van der Waals surface area contributed by atoms with Crippen molar-refractivity contribution in [1.29, 1.82) is 0 Å². The van der Waals surface area contributed by atoms with Crippen molar-refractivity contribution in [1.82, 2.24) is 10.2 Å². The first-order valence-corrected chi connectivity index (χ1v) is 13.5. The van der Waals surface area contributed by atoms with E-state index in [1.165, 1.54) is 23.1 Å². The molecule has 11 heteroatoms. The van der Waals surface area contributed by atoms with Gasteiger partial charge in [-0.2, -0.15) is 0 Å². The van der Waals surface area contributed by atoms with E-state index in [0.717, 1.165) is 10.6 Å². The lowest BCUT2D eigenvalue weighted by molar-refractivity contribution is -0.139. The maximum Gasteiger partial charge on any atom is 0.244 e. The zero-order valence-corrected chi connectivity index (χ0v) is 22.5. The average molecular weight is 549 g/mol. The predicted octanol–water partition coefficient (Wildman–Crippen LogP) is 4.60. The van der Waals surface area contributed by atoms with Crippen LogP contribution in [0.5, 0.6) is 0 Å². The molecule has 34 heavy (non-hydrogen) atoms. The Bertz CT molecular complexity index is 1140. The molecule has 2 rings (SSSR count). The molecule has 0 aliphatic rings. The monoisotopic (exact) mass is 547 g/mol. The minimum absolute atomic E-state index is 0.0641. The first-order chi connectivity index (χ1) is 15.8. The molecule has 0 radical (unpaired) electrons. The number of carbonyl (C=O) groups excluding carboxylic acids is 2. The number of carbonyl (C=O) groups is 2. The van der Waals surface area contributed by atoms with Crippen LogP contribution in [-0.4, -0.2) is 50.5 Å². The largest absolute Gasteiger partial charge is 0.354 e. The first kappa shape index (κ1) is 28.2. The van der Waals surface area contributed by atoms with Crippen LogP contribution in [-0.2, 0) is 26.2 Å². The van der Waals surface area contributed by atoms with E-state index >= 15 is 0 Å². The summed E-state index contributed by atoms with van der Waals surface area (Å²) in [5.74, 6) is -0.684. The van der Waals surface area contributed by atoms with Crippen LogP contribution in [0, 0.1) is 5.92 Å². The molecule has 0 fully saturated rings. The van der Waals surface area contributed by atoms with Crippen LogP contribution in [0.4, 0.5) is 5.69 Å².